The number of rotatable bonds is 2. The summed E-state index contributed by atoms with van der Waals surface area (Å²) in [5, 5.41) is 9.62. The van der Waals surface area contributed by atoms with E-state index in [0.717, 1.165) is 11.3 Å². The fourth-order valence-electron chi connectivity index (χ4n) is 1.03. The summed E-state index contributed by atoms with van der Waals surface area (Å²) in [5.74, 6) is 0.285. The van der Waals surface area contributed by atoms with Crippen LogP contribution >= 0.6 is 11.9 Å². The minimum Gasteiger partial charge on any atom is -0.507 e. The highest BCUT2D eigenvalue weighted by atomic mass is 32.2. The second kappa shape index (κ2) is 4.71. The van der Waals surface area contributed by atoms with Crippen LogP contribution in [0.25, 0.3) is 0 Å². The summed E-state index contributed by atoms with van der Waals surface area (Å²) in [5.41, 5.74) is 1.65. The van der Waals surface area contributed by atoms with Crippen molar-refractivity contribution in [3.63, 3.8) is 0 Å². The molecule has 0 aliphatic heterocycles. The van der Waals surface area contributed by atoms with E-state index in [1.54, 1.807) is 6.07 Å². The van der Waals surface area contributed by atoms with E-state index in [1.807, 2.05) is 25.1 Å². The van der Waals surface area contributed by atoms with Crippen LogP contribution < -0.4 is 0 Å². The van der Waals surface area contributed by atoms with E-state index >= 15 is 0 Å². The molecule has 0 fully saturated rings. The number of hydrogen-bond donors (Lipinski definition) is 1. The maximum Gasteiger partial charge on any atom is 0.124 e. The first kappa shape index (κ1) is 12.1. The molecule has 0 atom stereocenters. The van der Waals surface area contributed by atoms with Crippen LogP contribution in [0, 0.1) is 0 Å². The number of phenolic OH excluding ortho intramolecular Hbond substituents is 1. The molecule has 0 radical (unpaired) electrons. The van der Waals surface area contributed by atoms with E-state index in [2.05, 4.69) is 25.2 Å². The smallest absolute Gasteiger partial charge is 0.124 e. The molecule has 0 spiro atoms. The van der Waals surface area contributed by atoms with E-state index in [-0.39, 0.29) is 10.5 Å². The average Bonchev–Trinajstić information content (AvgIpc) is 2.14. The molecular formula is C12H17NOS. The van der Waals surface area contributed by atoms with Crippen LogP contribution in [-0.4, -0.2) is 15.6 Å². The molecule has 0 bridgehead atoms. The Morgan fingerprint density at radius 2 is 1.87 bits per heavy atom. The van der Waals surface area contributed by atoms with Gasteiger partial charge < -0.3 is 5.11 Å². The molecule has 0 aliphatic rings. The van der Waals surface area contributed by atoms with Crippen molar-refractivity contribution in [1.82, 2.24) is 0 Å². The molecule has 0 unspecified atom stereocenters. The van der Waals surface area contributed by atoms with Gasteiger partial charge in [0, 0.05) is 10.3 Å². The van der Waals surface area contributed by atoms with E-state index in [1.165, 1.54) is 11.9 Å². The number of phenols is 1. The molecule has 15 heavy (non-hydrogen) atoms. The van der Waals surface area contributed by atoms with Crippen LogP contribution in [0.1, 0.15) is 33.3 Å². The molecule has 1 aromatic carbocycles. The van der Waals surface area contributed by atoms with Gasteiger partial charge in [0.2, 0.25) is 0 Å². The molecule has 2 nitrogen and oxygen atoms in total. The number of hydrogen-bond acceptors (Lipinski definition) is 3. The minimum absolute atomic E-state index is 0.103. The van der Waals surface area contributed by atoms with Gasteiger partial charge in [-0.1, -0.05) is 12.1 Å². The van der Waals surface area contributed by atoms with Crippen molar-refractivity contribution < 1.29 is 5.11 Å². The molecule has 3 heteroatoms. The zero-order valence-electron chi connectivity index (χ0n) is 9.61. The topological polar surface area (TPSA) is 32.6 Å². The lowest BCUT2D eigenvalue weighted by Crippen LogP contribution is -2.06. The summed E-state index contributed by atoms with van der Waals surface area (Å²) in [4.78, 5) is 0. The monoisotopic (exact) mass is 223 g/mol. The maximum atomic E-state index is 9.62. The molecule has 0 aromatic heterocycles. The summed E-state index contributed by atoms with van der Waals surface area (Å²) in [7, 11) is 0. The number of para-hydroxylation sites is 1. The SMILES string of the molecule is C/C(=N\SC(C)(C)C)c1ccccc1O. The van der Waals surface area contributed by atoms with Gasteiger partial charge in [0.15, 0.2) is 0 Å². The highest BCUT2D eigenvalue weighted by Crippen LogP contribution is 2.26. The number of nitrogens with zero attached hydrogens (tertiary/aromatic N) is 1. The van der Waals surface area contributed by atoms with Crippen LogP contribution in [0.5, 0.6) is 5.75 Å². The van der Waals surface area contributed by atoms with E-state index in [4.69, 9.17) is 0 Å². The minimum atomic E-state index is 0.103. The second-order valence-electron chi connectivity index (χ2n) is 4.40. The Kier molecular flexibility index (Phi) is 3.80. The summed E-state index contributed by atoms with van der Waals surface area (Å²) >= 11 is 1.52. The van der Waals surface area contributed by atoms with Crippen molar-refractivity contribution in [3.8, 4) is 5.75 Å². The molecule has 82 valence electrons. The van der Waals surface area contributed by atoms with Crippen molar-refractivity contribution in [2.75, 3.05) is 0 Å². The Labute approximate surface area is 95.6 Å². The molecule has 0 saturated carbocycles. The number of aromatic hydroxyl groups is 1. The predicted molar refractivity (Wildman–Crippen MR) is 67.7 cm³/mol. The lowest BCUT2D eigenvalue weighted by atomic mass is 10.1. The molecular weight excluding hydrogens is 206 g/mol. The standard InChI is InChI=1S/C12H17NOS/c1-9(13-15-12(2,3)4)10-7-5-6-8-11(10)14/h5-8,14H,1-4H3/b13-9+. The van der Waals surface area contributed by atoms with Crippen molar-refractivity contribution in [2.24, 2.45) is 4.40 Å². The normalized spacial score (nSPS) is 12.9. The second-order valence-corrected chi connectivity index (χ2v) is 5.99. The molecule has 1 N–H and O–H groups in total. The largest absolute Gasteiger partial charge is 0.507 e. The Morgan fingerprint density at radius 3 is 2.40 bits per heavy atom. The third-order valence-corrected chi connectivity index (χ3v) is 2.66. The van der Waals surface area contributed by atoms with Crippen molar-refractivity contribution >= 4 is 17.7 Å². The Morgan fingerprint density at radius 1 is 1.27 bits per heavy atom. The molecule has 0 amide bonds. The zero-order valence-corrected chi connectivity index (χ0v) is 10.4. The lowest BCUT2D eigenvalue weighted by molar-refractivity contribution is 0.474. The summed E-state index contributed by atoms with van der Waals surface area (Å²) in [6, 6.07) is 7.26. The van der Waals surface area contributed by atoms with Gasteiger partial charge in [-0.15, -0.1) is 0 Å². The van der Waals surface area contributed by atoms with Gasteiger partial charge in [-0.3, -0.25) is 0 Å². The fourth-order valence-corrected chi connectivity index (χ4v) is 1.54. The third-order valence-electron chi connectivity index (χ3n) is 1.75. The van der Waals surface area contributed by atoms with Crippen LogP contribution in [0.15, 0.2) is 28.7 Å². The van der Waals surface area contributed by atoms with Crippen molar-refractivity contribution in [1.29, 1.82) is 0 Å². The highest BCUT2D eigenvalue weighted by Gasteiger charge is 2.11. The maximum absolute atomic E-state index is 9.62. The van der Waals surface area contributed by atoms with Crippen LogP contribution in [-0.2, 0) is 0 Å². The molecule has 1 aromatic rings. The Bertz CT molecular complexity index is 366. The number of benzene rings is 1. The van der Waals surface area contributed by atoms with Crippen LogP contribution in [0.4, 0.5) is 0 Å². The van der Waals surface area contributed by atoms with Gasteiger partial charge in [0.25, 0.3) is 0 Å². The summed E-state index contributed by atoms with van der Waals surface area (Å²) in [6.45, 7) is 8.24. The first-order valence-corrected chi connectivity index (χ1v) is 5.68. The third kappa shape index (κ3) is 3.96. The average molecular weight is 223 g/mol. The Balaban J connectivity index is 2.85. The van der Waals surface area contributed by atoms with Gasteiger partial charge in [-0.05, 0) is 51.8 Å². The molecule has 0 saturated heterocycles. The van der Waals surface area contributed by atoms with E-state index in [9.17, 15) is 5.11 Å². The van der Waals surface area contributed by atoms with Crippen LogP contribution in [0.2, 0.25) is 0 Å². The summed E-state index contributed by atoms with van der Waals surface area (Å²) in [6.07, 6.45) is 0. The lowest BCUT2D eigenvalue weighted by Gasteiger charge is -2.13. The Hall–Kier alpha value is -0.960. The van der Waals surface area contributed by atoms with E-state index < -0.39 is 0 Å². The van der Waals surface area contributed by atoms with Gasteiger partial charge in [0.1, 0.15) is 5.75 Å². The molecule has 0 aliphatic carbocycles. The van der Waals surface area contributed by atoms with Crippen LogP contribution in [0.3, 0.4) is 0 Å². The fraction of sp³-hybridized carbons (Fsp3) is 0.417. The van der Waals surface area contributed by atoms with Gasteiger partial charge in [0.05, 0.1) is 5.71 Å². The molecule has 1 rings (SSSR count). The van der Waals surface area contributed by atoms with Gasteiger partial charge in [-0.2, -0.15) is 0 Å². The first-order chi connectivity index (χ1) is 6.90. The van der Waals surface area contributed by atoms with Gasteiger partial charge in [-0.25, -0.2) is 4.40 Å². The van der Waals surface area contributed by atoms with Crippen molar-refractivity contribution in [3.05, 3.63) is 29.8 Å². The van der Waals surface area contributed by atoms with Gasteiger partial charge >= 0.3 is 0 Å². The molecule has 0 heterocycles. The summed E-state index contributed by atoms with van der Waals surface area (Å²) < 4.78 is 4.50. The first-order valence-electron chi connectivity index (χ1n) is 4.91. The van der Waals surface area contributed by atoms with Crippen molar-refractivity contribution in [2.45, 2.75) is 32.4 Å². The quantitative estimate of drug-likeness (QED) is 0.613. The zero-order chi connectivity index (χ0) is 11.5. The van der Waals surface area contributed by atoms with E-state index in [0.29, 0.717) is 0 Å². The predicted octanol–water partition coefficient (Wildman–Crippen LogP) is 3.65. The highest BCUT2D eigenvalue weighted by molar-refractivity contribution is 7.99.